The number of aryl methyl sites for hydroxylation is 2. The third-order valence-corrected chi connectivity index (χ3v) is 8.11. The van der Waals surface area contributed by atoms with Crippen LogP contribution in [0.4, 0.5) is 15.3 Å². The minimum atomic E-state index is -3.88. The van der Waals surface area contributed by atoms with Gasteiger partial charge in [0.2, 0.25) is 5.90 Å². The predicted octanol–water partition coefficient (Wildman–Crippen LogP) is 3.21. The molecule has 5 N–H and O–H groups in total. The van der Waals surface area contributed by atoms with Crippen molar-refractivity contribution in [2.75, 3.05) is 25.5 Å². The molecule has 12 heteroatoms. The topological polar surface area (TPSA) is 159 Å². The summed E-state index contributed by atoms with van der Waals surface area (Å²) >= 11 is 0. The van der Waals surface area contributed by atoms with Gasteiger partial charge in [-0.25, -0.2) is 28.3 Å². The summed E-state index contributed by atoms with van der Waals surface area (Å²) in [6.07, 6.45) is 6.24. The fourth-order valence-electron chi connectivity index (χ4n) is 4.91. The number of ether oxygens (including phenoxy) is 2. The predicted molar refractivity (Wildman–Crippen MR) is 142 cm³/mol. The van der Waals surface area contributed by atoms with Gasteiger partial charge in [-0.05, 0) is 81.5 Å². The van der Waals surface area contributed by atoms with Gasteiger partial charge in [-0.2, -0.15) is 0 Å². The zero-order valence-corrected chi connectivity index (χ0v) is 22.6. The average molecular weight is 533 g/mol. The first kappa shape index (κ1) is 26.8. The van der Waals surface area contributed by atoms with Crippen molar-refractivity contribution in [1.82, 2.24) is 9.62 Å². The van der Waals surface area contributed by atoms with Crippen LogP contribution in [0.3, 0.4) is 0 Å². The quantitative estimate of drug-likeness (QED) is 0.456. The Kier molecular flexibility index (Phi) is 7.40. The highest BCUT2D eigenvalue weighted by atomic mass is 32.2. The number of hydrogen-bond donors (Lipinski definition) is 4. The molecule has 0 saturated carbocycles. The summed E-state index contributed by atoms with van der Waals surface area (Å²) in [6, 6.07) is 1.09. The first-order valence-electron chi connectivity index (χ1n) is 12.5. The van der Waals surface area contributed by atoms with Crippen LogP contribution in [0.1, 0.15) is 55.9 Å². The number of amides is 3. The number of urea groups is 1. The highest BCUT2D eigenvalue weighted by Crippen LogP contribution is 2.38. The summed E-state index contributed by atoms with van der Waals surface area (Å²) in [4.78, 5) is 30.7. The Labute approximate surface area is 218 Å². The second-order valence-corrected chi connectivity index (χ2v) is 12.3. The Morgan fingerprint density at radius 3 is 2.35 bits per heavy atom. The minimum absolute atomic E-state index is 0.0376. The van der Waals surface area contributed by atoms with Gasteiger partial charge in [-0.3, -0.25) is 0 Å². The van der Waals surface area contributed by atoms with Crippen molar-refractivity contribution in [3.05, 3.63) is 39.4 Å². The van der Waals surface area contributed by atoms with E-state index >= 15 is 0 Å². The van der Waals surface area contributed by atoms with E-state index in [4.69, 9.17) is 20.0 Å². The molecule has 4 rings (SSSR count). The molecule has 0 radical (unpaired) electrons. The molecule has 0 spiro atoms. The zero-order valence-electron chi connectivity index (χ0n) is 21.8. The zero-order chi connectivity index (χ0) is 27.0. The summed E-state index contributed by atoms with van der Waals surface area (Å²) in [6.45, 7) is 5.49. The maximum Gasteiger partial charge on any atom is 0.410 e. The summed E-state index contributed by atoms with van der Waals surface area (Å²) in [5.41, 5.74) is 10.6. The molecule has 0 fully saturated rings. The number of benzene rings is 1. The minimum Gasteiger partial charge on any atom is -0.475 e. The molecule has 1 unspecified atom stereocenters. The Balaban J connectivity index is 1.44. The molecule has 3 aliphatic rings. The van der Waals surface area contributed by atoms with E-state index in [0.29, 0.717) is 0 Å². The molecule has 202 valence electrons. The van der Waals surface area contributed by atoms with Gasteiger partial charge >= 0.3 is 12.1 Å². The fraction of sp³-hybridized carbons (Fsp3) is 0.560. The number of hydrogen-bond acceptors (Lipinski definition) is 8. The van der Waals surface area contributed by atoms with Crippen molar-refractivity contribution in [2.24, 2.45) is 10.7 Å². The van der Waals surface area contributed by atoms with Gasteiger partial charge in [-0.1, -0.05) is 6.07 Å². The van der Waals surface area contributed by atoms with Crippen LogP contribution in [0.5, 0.6) is 0 Å². The van der Waals surface area contributed by atoms with Gasteiger partial charge in [0.1, 0.15) is 17.1 Å². The molecular formula is C25H36N6O5S. The number of nitrogens with one attached hydrogen (secondary N) is 3. The number of anilines is 1. The Bertz CT molecular complexity index is 1230. The van der Waals surface area contributed by atoms with E-state index < -0.39 is 33.7 Å². The summed E-state index contributed by atoms with van der Waals surface area (Å²) < 4.78 is 34.9. The van der Waals surface area contributed by atoms with Crippen molar-refractivity contribution in [3.8, 4) is 0 Å². The molecule has 1 aromatic carbocycles. The maximum absolute atomic E-state index is 13.3. The van der Waals surface area contributed by atoms with E-state index in [0.717, 1.165) is 61.5 Å². The van der Waals surface area contributed by atoms with Crippen LogP contribution in [0.2, 0.25) is 0 Å². The fourth-order valence-corrected chi connectivity index (χ4v) is 5.89. The average Bonchev–Trinajstić information content (AvgIpc) is 3.47. The summed E-state index contributed by atoms with van der Waals surface area (Å²) in [5, 5.41) is 2.88. The smallest absolute Gasteiger partial charge is 0.410 e. The maximum atomic E-state index is 13.3. The van der Waals surface area contributed by atoms with Gasteiger partial charge in [0, 0.05) is 18.9 Å². The molecule has 2 aliphatic carbocycles. The number of nitrogens with two attached hydrogens (primary N) is 1. The highest BCUT2D eigenvalue weighted by Gasteiger charge is 2.32. The standard InChI is InChI=1S/C25H36N6O5S/c1-25(2,3)36-24(33)31(4)17-13-28-22(35-14-17)20(12-26)37(27,34)30-23(32)29-21-18-9-5-7-15(18)11-16-8-6-10-19(16)21/h11-12,17H,5-10,13-14,26H2,1-4H3,(H3,27,29,30,32,34)/b20-12+/t17-,37?/m0/s1. The van der Waals surface area contributed by atoms with Crippen molar-refractivity contribution < 1.29 is 23.3 Å². The molecule has 0 saturated heterocycles. The number of carbonyl (C=O) groups excluding carboxylic acids is 2. The van der Waals surface area contributed by atoms with Gasteiger partial charge in [0.25, 0.3) is 0 Å². The number of rotatable bonds is 5. The van der Waals surface area contributed by atoms with E-state index in [1.165, 1.54) is 16.0 Å². The van der Waals surface area contributed by atoms with Crippen LogP contribution < -0.4 is 15.8 Å². The molecule has 2 atom stereocenters. The van der Waals surface area contributed by atoms with E-state index in [1.54, 1.807) is 27.8 Å². The number of likely N-dealkylation sites (N-methyl/N-ethyl adjacent to an activating group) is 1. The van der Waals surface area contributed by atoms with Gasteiger partial charge in [0.05, 0.1) is 12.6 Å². The van der Waals surface area contributed by atoms with Crippen LogP contribution in [0.25, 0.3) is 0 Å². The molecule has 0 aromatic heterocycles. The second-order valence-electron chi connectivity index (χ2n) is 10.6. The Morgan fingerprint density at radius 1 is 1.22 bits per heavy atom. The third kappa shape index (κ3) is 5.84. The summed E-state index contributed by atoms with van der Waals surface area (Å²) in [5.74, 6) is -0.0990. The number of aliphatic imine (C=N–C) groups is 1. The van der Waals surface area contributed by atoms with Crippen LogP contribution in [0, 0.1) is 4.78 Å². The van der Waals surface area contributed by atoms with E-state index in [1.807, 2.05) is 0 Å². The second kappa shape index (κ2) is 10.2. The Morgan fingerprint density at radius 2 is 1.84 bits per heavy atom. The van der Waals surface area contributed by atoms with Crippen LogP contribution in [-0.4, -0.2) is 59.0 Å². The highest BCUT2D eigenvalue weighted by molar-refractivity contribution is 7.95. The van der Waals surface area contributed by atoms with Gasteiger partial charge in [-0.15, -0.1) is 0 Å². The van der Waals surface area contributed by atoms with Crippen molar-refractivity contribution in [1.29, 1.82) is 4.78 Å². The molecule has 0 bridgehead atoms. The lowest BCUT2D eigenvalue weighted by Gasteiger charge is -2.32. The van der Waals surface area contributed by atoms with Crippen LogP contribution >= 0.6 is 0 Å². The SMILES string of the molecule is CN(C(=O)OC(C)(C)C)[C@H]1CN=C(/C(=C\N)S(=N)(=O)NC(=O)Nc2c3c(cc4c2CCC4)CCC3)OC1. The molecule has 1 heterocycles. The Hall–Kier alpha value is -3.28. The van der Waals surface area contributed by atoms with E-state index in [2.05, 4.69) is 21.1 Å². The van der Waals surface area contributed by atoms with Crippen molar-refractivity contribution >= 4 is 33.6 Å². The molecule has 1 aliphatic heterocycles. The molecule has 11 nitrogen and oxygen atoms in total. The van der Waals surface area contributed by atoms with Crippen LogP contribution in [-0.2, 0) is 45.1 Å². The third-order valence-electron chi connectivity index (χ3n) is 6.71. The largest absolute Gasteiger partial charge is 0.475 e. The van der Waals surface area contributed by atoms with E-state index in [-0.39, 0.29) is 24.0 Å². The molecular weight excluding hydrogens is 496 g/mol. The number of nitrogens with zero attached hydrogens (tertiary/aromatic N) is 2. The normalized spacial score (nSPS) is 20.6. The lowest BCUT2D eigenvalue weighted by Crippen LogP contribution is -2.47. The summed E-state index contributed by atoms with van der Waals surface area (Å²) in [7, 11) is -2.30. The first-order chi connectivity index (χ1) is 17.4. The van der Waals surface area contributed by atoms with E-state index in [9.17, 15) is 13.8 Å². The monoisotopic (exact) mass is 532 g/mol. The lowest BCUT2D eigenvalue weighted by molar-refractivity contribution is 0.0166. The van der Waals surface area contributed by atoms with Crippen molar-refractivity contribution in [2.45, 2.75) is 70.9 Å². The van der Waals surface area contributed by atoms with Gasteiger partial charge < -0.3 is 25.4 Å². The first-order valence-corrected chi connectivity index (χ1v) is 14.0. The lowest BCUT2D eigenvalue weighted by atomic mass is 9.99. The number of fused-ring (bicyclic) bond motifs is 2. The molecule has 3 amide bonds. The van der Waals surface area contributed by atoms with Crippen molar-refractivity contribution in [3.63, 3.8) is 0 Å². The van der Waals surface area contributed by atoms with Crippen LogP contribution in [0.15, 0.2) is 22.2 Å². The van der Waals surface area contributed by atoms with Gasteiger partial charge in [0.15, 0.2) is 9.92 Å². The number of carbonyl (C=O) groups is 2. The molecule has 37 heavy (non-hydrogen) atoms. The molecule has 1 aromatic rings.